The molecule has 3 nitrogen and oxygen atoms in total. The van der Waals surface area contributed by atoms with E-state index in [1.165, 1.54) is 19.3 Å². The fourth-order valence-electron chi connectivity index (χ4n) is 1.84. The Morgan fingerprint density at radius 3 is 2.81 bits per heavy atom. The highest BCUT2D eigenvalue weighted by Gasteiger charge is 2.23. The molecule has 0 aromatic rings. The van der Waals surface area contributed by atoms with Crippen molar-refractivity contribution in [1.29, 1.82) is 0 Å². The normalized spacial score (nSPS) is 17.6. The van der Waals surface area contributed by atoms with Gasteiger partial charge in [-0.1, -0.05) is 6.42 Å². The molecule has 16 heavy (non-hydrogen) atoms. The van der Waals surface area contributed by atoms with Crippen molar-refractivity contribution in [3.63, 3.8) is 0 Å². The Labute approximate surface area is 104 Å². The minimum Gasteiger partial charge on any atom is -0.382 e. The van der Waals surface area contributed by atoms with Crippen molar-refractivity contribution in [3.05, 3.63) is 0 Å². The lowest BCUT2D eigenvalue weighted by Crippen LogP contribution is -2.45. The first kappa shape index (κ1) is 13.7. The molecule has 0 aromatic heterocycles. The molecule has 1 saturated carbocycles. The van der Waals surface area contributed by atoms with Gasteiger partial charge in [0.15, 0.2) is 5.11 Å². The molecule has 0 bridgehead atoms. The van der Waals surface area contributed by atoms with Crippen molar-refractivity contribution in [1.82, 2.24) is 10.6 Å². The van der Waals surface area contributed by atoms with E-state index in [2.05, 4.69) is 17.6 Å². The summed E-state index contributed by atoms with van der Waals surface area (Å²) in [7, 11) is 0. The first-order chi connectivity index (χ1) is 7.74. The van der Waals surface area contributed by atoms with Gasteiger partial charge in [0.1, 0.15) is 0 Å². The number of hydrogen-bond donors (Lipinski definition) is 2. The van der Waals surface area contributed by atoms with Gasteiger partial charge in [-0.05, 0) is 51.2 Å². The van der Waals surface area contributed by atoms with Gasteiger partial charge in [0, 0.05) is 25.8 Å². The van der Waals surface area contributed by atoms with Crippen LogP contribution in [0.2, 0.25) is 0 Å². The van der Waals surface area contributed by atoms with Crippen LogP contribution >= 0.6 is 12.2 Å². The van der Waals surface area contributed by atoms with E-state index < -0.39 is 0 Å². The van der Waals surface area contributed by atoms with Crippen LogP contribution in [0.15, 0.2) is 0 Å². The zero-order valence-corrected chi connectivity index (χ0v) is 11.2. The Balaban J connectivity index is 1.97. The summed E-state index contributed by atoms with van der Waals surface area (Å²) >= 11 is 5.24. The van der Waals surface area contributed by atoms with Gasteiger partial charge in [0.25, 0.3) is 0 Å². The van der Waals surface area contributed by atoms with Crippen molar-refractivity contribution in [2.75, 3.05) is 19.8 Å². The maximum atomic E-state index is 5.26. The number of thiocarbonyl (C=S) groups is 1. The summed E-state index contributed by atoms with van der Waals surface area (Å²) in [6, 6.07) is 0.514. The molecule has 1 aliphatic carbocycles. The third-order valence-corrected chi connectivity index (χ3v) is 3.43. The van der Waals surface area contributed by atoms with Crippen molar-refractivity contribution in [2.45, 2.75) is 45.6 Å². The first-order valence-corrected chi connectivity index (χ1v) is 6.77. The van der Waals surface area contributed by atoms with Gasteiger partial charge in [0.2, 0.25) is 0 Å². The van der Waals surface area contributed by atoms with E-state index in [0.29, 0.717) is 6.04 Å². The molecule has 1 unspecified atom stereocenters. The van der Waals surface area contributed by atoms with E-state index in [1.807, 2.05) is 6.92 Å². The van der Waals surface area contributed by atoms with Crippen LogP contribution in [0, 0.1) is 5.92 Å². The average Bonchev–Trinajstić information content (AvgIpc) is 2.14. The Bertz CT molecular complexity index is 207. The molecule has 1 rings (SSSR count). The summed E-state index contributed by atoms with van der Waals surface area (Å²) in [6.45, 7) is 6.73. The van der Waals surface area contributed by atoms with E-state index in [1.54, 1.807) is 0 Å². The number of hydrogen-bond acceptors (Lipinski definition) is 2. The molecule has 4 heteroatoms. The molecular weight excluding hydrogens is 220 g/mol. The fraction of sp³-hybridized carbons (Fsp3) is 0.917. The molecule has 0 aliphatic heterocycles. The van der Waals surface area contributed by atoms with Crippen LogP contribution in [0.25, 0.3) is 0 Å². The zero-order valence-electron chi connectivity index (χ0n) is 10.4. The summed E-state index contributed by atoms with van der Waals surface area (Å²) < 4.78 is 5.26. The fourth-order valence-corrected chi connectivity index (χ4v) is 2.12. The second-order valence-electron chi connectivity index (χ2n) is 4.43. The van der Waals surface area contributed by atoms with Crippen molar-refractivity contribution < 1.29 is 4.74 Å². The van der Waals surface area contributed by atoms with Gasteiger partial charge in [-0.3, -0.25) is 0 Å². The molecule has 1 fully saturated rings. The van der Waals surface area contributed by atoms with Crippen molar-refractivity contribution in [3.8, 4) is 0 Å². The maximum Gasteiger partial charge on any atom is 0.166 e. The Hall–Kier alpha value is -0.350. The average molecular weight is 244 g/mol. The quantitative estimate of drug-likeness (QED) is 0.530. The molecule has 2 N–H and O–H groups in total. The summed E-state index contributed by atoms with van der Waals surface area (Å²) in [4.78, 5) is 0. The van der Waals surface area contributed by atoms with Crippen LogP contribution in [-0.4, -0.2) is 30.9 Å². The molecule has 0 spiro atoms. The SMILES string of the molecule is CCOCCCNC(=S)NC(C)C1CCC1. The van der Waals surface area contributed by atoms with Crippen molar-refractivity contribution in [2.24, 2.45) is 5.92 Å². The third kappa shape index (κ3) is 5.12. The minimum atomic E-state index is 0.514. The van der Waals surface area contributed by atoms with Crippen LogP contribution in [-0.2, 0) is 4.74 Å². The van der Waals surface area contributed by atoms with E-state index in [4.69, 9.17) is 17.0 Å². The highest BCUT2D eigenvalue weighted by molar-refractivity contribution is 7.80. The number of rotatable bonds is 7. The Kier molecular flexibility index (Phi) is 6.73. The number of ether oxygens (including phenoxy) is 1. The molecule has 0 aromatic carbocycles. The minimum absolute atomic E-state index is 0.514. The summed E-state index contributed by atoms with van der Waals surface area (Å²) in [5, 5.41) is 7.36. The van der Waals surface area contributed by atoms with Gasteiger partial charge >= 0.3 is 0 Å². The number of nitrogens with one attached hydrogen (secondary N) is 2. The van der Waals surface area contributed by atoms with Gasteiger partial charge < -0.3 is 15.4 Å². The van der Waals surface area contributed by atoms with Crippen LogP contribution in [0.4, 0.5) is 0 Å². The standard InChI is InChI=1S/C12H24N2OS/c1-3-15-9-5-8-13-12(16)14-10(2)11-6-4-7-11/h10-11H,3-9H2,1-2H3,(H2,13,14,16). The molecular formula is C12H24N2OS. The molecule has 0 amide bonds. The monoisotopic (exact) mass is 244 g/mol. The van der Waals surface area contributed by atoms with Crippen LogP contribution in [0.1, 0.15) is 39.5 Å². The van der Waals surface area contributed by atoms with E-state index in [0.717, 1.165) is 37.2 Å². The smallest absolute Gasteiger partial charge is 0.166 e. The molecule has 1 atom stereocenters. The second-order valence-corrected chi connectivity index (χ2v) is 4.84. The lowest BCUT2D eigenvalue weighted by Gasteiger charge is -2.32. The maximum absolute atomic E-state index is 5.26. The lowest BCUT2D eigenvalue weighted by molar-refractivity contribution is 0.145. The third-order valence-electron chi connectivity index (χ3n) is 3.17. The zero-order chi connectivity index (χ0) is 11.8. The highest BCUT2D eigenvalue weighted by Crippen LogP contribution is 2.29. The largest absolute Gasteiger partial charge is 0.382 e. The summed E-state index contributed by atoms with van der Waals surface area (Å²) in [5.74, 6) is 0.822. The molecule has 1 aliphatic rings. The van der Waals surface area contributed by atoms with Gasteiger partial charge in [-0.2, -0.15) is 0 Å². The van der Waals surface area contributed by atoms with Crippen LogP contribution < -0.4 is 10.6 Å². The molecule has 0 heterocycles. The highest BCUT2D eigenvalue weighted by atomic mass is 32.1. The van der Waals surface area contributed by atoms with Crippen LogP contribution in [0.5, 0.6) is 0 Å². The van der Waals surface area contributed by atoms with Crippen LogP contribution in [0.3, 0.4) is 0 Å². The lowest BCUT2D eigenvalue weighted by atomic mass is 9.80. The molecule has 0 saturated heterocycles. The first-order valence-electron chi connectivity index (χ1n) is 6.36. The van der Waals surface area contributed by atoms with E-state index >= 15 is 0 Å². The predicted octanol–water partition coefficient (Wildman–Crippen LogP) is 2.07. The molecule has 94 valence electrons. The Morgan fingerprint density at radius 1 is 1.50 bits per heavy atom. The van der Waals surface area contributed by atoms with Crippen molar-refractivity contribution >= 4 is 17.3 Å². The van der Waals surface area contributed by atoms with Gasteiger partial charge in [-0.25, -0.2) is 0 Å². The summed E-state index contributed by atoms with van der Waals surface area (Å²) in [6.07, 6.45) is 5.08. The second kappa shape index (κ2) is 7.85. The summed E-state index contributed by atoms with van der Waals surface area (Å²) in [5.41, 5.74) is 0. The predicted molar refractivity (Wildman–Crippen MR) is 71.6 cm³/mol. The van der Waals surface area contributed by atoms with Gasteiger partial charge in [0.05, 0.1) is 0 Å². The van der Waals surface area contributed by atoms with E-state index in [-0.39, 0.29) is 0 Å². The van der Waals surface area contributed by atoms with Gasteiger partial charge in [-0.15, -0.1) is 0 Å². The molecule has 0 radical (unpaired) electrons. The van der Waals surface area contributed by atoms with E-state index in [9.17, 15) is 0 Å². The Morgan fingerprint density at radius 2 is 2.25 bits per heavy atom. The topological polar surface area (TPSA) is 33.3 Å².